The third kappa shape index (κ3) is 5.36. The van der Waals surface area contributed by atoms with Gasteiger partial charge in [-0.3, -0.25) is 4.79 Å². The molecule has 1 unspecified atom stereocenters. The fraction of sp³-hybridized carbons (Fsp3) is 0.500. The average molecular weight is 397 g/mol. The minimum absolute atomic E-state index is 0.0755. The van der Waals surface area contributed by atoms with Crippen molar-refractivity contribution in [1.29, 1.82) is 0 Å². The van der Waals surface area contributed by atoms with E-state index in [1.807, 2.05) is 13.0 Å². The Morgan fingerprint density at radius 2 is 2.11 bits per heavy atom. The van der Waals surface area contributed by atoms with Gasteiger partial charge in [0.15, 0.2) is 18.2 Å². The van der Waals surface area contributed by atoms with Crippen LogP contribution in [-0.4, -0.2) is 40.6 Å². The summed E-state index contributed by atoms with van der Waals surface area (Å²) in [7, 11) is 3.23. The van der Waals surface area contributed by atoms with Gasteiger partial charge in [-0.25, -0.2) is 4.39 Å². The smallest absolute Gasteiger partial charge is 0.313 e. The van der Waals surface area contributed by atoms with Gasteiger partial charge in [-0.05, 0) is 44.3 Å². The number of ether oxygens (including phenoxy) is 2. The molecule has 0 aliphatic heterocycles. The summed E-state index contributed by atoms with van der Waals surface area (Å²) in [6.07, 6.45) is 0.0755. The third-order valence-corrected chi connectivity index (χ3v) is 4.77. The Hall–Kier alpha value is -2.26. The normalized spacial score (nSPS) is 12.0. The summed E-state index contributed by atoms with van der Waals surface area (Å²) in [5.41, 5.74) is 0.861. The summed E-state index contributed by atoms with van der Waals surface area (Å²) in [5, 5.41) is 4.47. The van der Waals surface area contributed by atoms with Gasteiger partial charge in [-0.2, -0.15) is 9.78 Å². The molecule has 0 aliphatic rings. The SMILES string of the molecule is CCOC(=O)Cc1nn(C[NH+](CC)Cc2ccc(OC)c(F)c2)c(=S)n1C. The number of benzene rings is 1. The minimum Gasteiger partial charge on any atom is -0.494 e. The lowest BCUT2D eigenvalue weighted by molar-refractivity contribution is -0.935. The van der Waals surface area contributed by atoms with Crippen molar-refractivity contribution in [1.82, 2.24) is 14.3 Å². The van der Waals surface area contributed by atoms with Gasteiger partial charge in [0.05, 0.1) is 20.3 Å². The highest BCUT2D eigenvalue weighted by molar-refractivity contribution is 7.71. The maximum atomic E-state index is 13.9. The zero-order valence-electron chi connectivity index (χ0n) is 16.1. The van der Waals surface area contributed by atoms with Gasteiger partial charge in [0, 0.05) is 12.6 Å². The Bertz CT molecular complexity index is 850. The van der Waals surface area contributed by atoms with Crippen LogP contribution >= 0.6 is 12.2 Å². The van der Waals surface area contributed by atoms with Crippen LogP contribution in [0.4, 0.5) is 4.39 Å². The molecule has 0 saturated carbocycles. The molecule has 0 bridgehead atoms. The van der Waals surface area contributed by atoms with Gasteiger partial charge in [0.2, 0.25) is 4.77 Å². The highest BCUT2D eigenvalue weighted by Crippen LogP contribution is 2.17. The van der Waals surface area contributed by atoms with Crippen molar-refractivity contribution in [2.24, 2.45) is 7.05 Å². The van der Waals surface area contributed by atoms with E-state index >= 15 is 0 Å². The number of nitrogens with zero attached hydrogens (tertiary/aromatic N) is 3. The first-order valence-corrected chi connectivity index (χ1v) is 9.24. The summed E-state index contributed by atoms with van der Waals surface area (Å²) >= 11 is 5.44. The van der Waals surface area contributed by atoms with Crippen LogP contribution in [0.5, 0.6) is 5.75 Å². The predicted molar refractivity (Wildman–Crippen MR) is 101 cm³/mol. The van der Waals surface area contributed by atoms with Gasteiger partial charge >= 0.3 is 5.97 Å². The van der Waals surface area contributed by atoms with E-state index < -0.39 is 0 Å². The summed E-state index contributed by atoms with van der Waals surface area (Å²) in [6, 6.07) is 4.96. The van der Waals surface area contributed by atoms with Crippen molar-refractivity contribution >= 4 is 18.2 Å². The summed E-state index contributed by atoms with van der Waals surface area (Å²) in [4.78, 5) is 12.9. The third-order valence-electron chi connectivity index (χ3n) is 4.28. The number of esters is 1. The molecule has 0 fully saturated rings. The number of hydrogen-bond acceptors (Lipinski definition) is 5. The van der Waals surface area contributed by atoms with Crippen LogP contribution in [0.2, 0.25) is 0 Å². The molecule has 2 aromatic rings. The molecule has 0 saturated heterocycles. The maximum Gasteiger partial charge on any atom is 0.313 e. The number of carbonyl (C=O) groups is 1. The summed E-state index contributed by atoms with van der Waals surface area (Å²) in [5.74, 6) is 0.0783. The van der Waals surface area contributed by atoms with Crippen molar-refractivity contribution < 1.29 is 23.6 Å². The van der Waals surface area contributed by atoms with Crippen LogP contribution in [0.15, 0.2) is 18.2 Å². The van der Waals surface area contributed by atoms with Crippen LogP contribution in [-0.2, 0) is 36.2 Å². The van der Waals surface area contributed by atoms with Crippen molar-refractivity contribution in [3.05, 3.63) is 40.2 Å². The first-order chi connectivity index (χ1) is 12.9. The molecule has 9 heteroatoms. The quantitative estimate of drug-likeness (QED) is 0.510. The van der Waals surface area contributed by atoms with Gasteiger partial charge in [0.1, 0.15) is 18.8 Å². The van der Waals surface area contributed by atoms with Crippen LogP contribution < -0.4 is 9.64 Å². The van der Waals surface area contributed by atoms with E-state index in [0.717, 1.165) is 17.0 Å². The van der Waals surface area contributed by atoms with Gasteiger partial charge in [-0.1, -0.05) is 0 Å². The minimum atomic E-state index is -0.378. The Morgan fingerprint density at radius 3 is 2.70 bits per heavy atom. The largest absolute Gasteiger partial charge is 0.494 e. The molecule has 7 nitrogen and oxygen atoms in total. The molecule has 1 aromatic carbocycles. The Labute approximate surface area is 163 Å². The molecular weight excluding hydrogens is 371 g/mol. The predicted octanol–water partition coefficient (Wildman–Crippen LogP) is 1.27. The Balaban J connectivity index is 2.13. The van der Waals surface area contributed by atoms with Gasteiger partial charge in [0.25, 0.3) is 0 Å². The molecule has 0 aliphatic carbocycles. The van der Waals surface area contributed by atoms with E-state index in [1.54, 1.807) is 29.3 Å². The first-order valence-electron chi connectivity index (χ1n) is 8.83. The molecule has 0 spiro atoms. The van der Waals surface area contributed by atoms with Crippen molar-refractivity contribution in [2.75, 3.05) is 20.3 Å². The zero-order valence-corrected chi connectivity index (χ0v) is 16.9. The average Bonchev–Trinajstić information content (AvgIpc) is 2.89. The summed E-state index contributed by atoms with van der Waals surface area (Å²) in [6.45, 7) is 6.07. The molecule has 1 aromatic heterocycles. The maximum absolute atomic E-state index is 13.9. The summed E-state index contributed by atoms with van der Waals surface area (Å²) < 4.78 is 27.8. The molecule has 0 radical (unpaired) electrons. The number of halogens is 1. The number of methoxy groups -OCH3 is 1. The second kappa shape index (κ2) is 9.61. The lowest BCUT2D eigenvalue weighted by Gasteiger charge is -2.17. The highest BCUT2D eigenvalue weighted by Gasteiger charge is 2.16. The number of carbonyl (C=O) groups excluding carboxylic acids is 1. The van der Waals surface area contributed by atoms with Crippen LogP contribution in [0.25, 0.3) is 0 Å². The molecule has 1 N–H and O–H groups in total. The number of aromatic nitrogens is 3. The van der Waals surface area contributed by atoms with E-state index in [2.05, 4.69) is 5.10 Å². The second-order valence-corrected chi connectivity index (χ2v) is 6.51. The molecule has 1 heterocycles. The fourth-order valence-electron chi connectivity index (χ4n) is 2.74. The van der Waals surface area contributed by atoms with Crippen LogP contribution in [0, 0.1) is 10.6 Å². The van der Waals surface area contributed by atoms with Crippen LogP contribution in [0.1, 0.15) is 25.2 Å². The Morgan fingerprint density at radius 1 is 1.37 bits per heavy atom. The standard InChI is InChI=1S/C18H25FN4O3S/c1-5-22(11-13-7-8-15(25-4)14(19)9-13)12-23-18(27)21(3)16(20-23)10-17(24)26-6-2/h7-9H,5-6,10-12H2,1-4H3/p+1. The number of nitrogens with one attached hydrogen (secondary N) is 1. The van der Waals surface area contributed by atoms with Crippen LogP contribution in [0.3, 0.4) is 0 Å². The van der Waals surface area contributed by atoms with Gasteiger partial charge < -0.3 is 18.9 Å². The highest BCUT2D eigenvalue weighted by atomic mass is 32.1. The van der Waals surface area contributed by atoms with E-state index in [9.17, 15) is 9.18 Å². The Kier molecular flexibility index (Phi) is 7.49. The number of hydrogen-bond donors (Lipinski definition) is 1. The van der Waals surface area contributed by atoms with E-state index in [1.165, 1.54) is 13.2 Å². The van der Waals surface area contributed by atoms with Crippen molar-refractivity contribution in [3.8, 4) is 5.75 Å². The zero-order chi connectivity index (χ0) is 20.0. The molecule has 0 amide bonds. The molecule has 148 valence electrons. The lowest BCUT2D eigenvalue weighted by Crippen LogP contribution is -3.09. The number of quaternary nitrogens is 1. The molecule has 27 heavy (non-hydrogen) atoms. The van der Waals surface area contributed by atoms with E-state index in [0.29, 0.717) is 30.4 Å². The second-order valence-electron chi connectivity index (χ2n) is 6.15. The number of rotatable bonds is 9. The van der Waals surface area contributed by atoms with Gasteiger partial charge in [-0.15, -0.1) is 0 Å². The van der Waals surface area contributed by atoms with E-state index in [-0.39, 0.29) is 24.0 Å². The van der Waals surface area contributed by atoms with E-state index in [4.69, 9.17) is 21.7 Å². The fourth-order valence-corrected chi connectivity index (χ4v) is 2.95. The first kappa shape index (κ1) is 21.0. The molecule has 1 atom stereocenters. The monoisotopic (exact) mass is 397 g/mol. The molecule has 2 rings (SSSR count). The lowest BCUT2D eigenvalue weighted by atomic mass is 10.2. The topological polar surface area (TPSA) is 62.7 Å². The molecular formula is C18H26FN4O3S+. The van der Waals surface area contributed by atoms with Crippen molar-refractivity contribution in [3.63, 3.8) is 0 Å². The van der Waals surface area contributed by atoms with Crippen molar-refractivity contribution in [2.45, 2.75) is 33.5 Å².